The maximum absolute atomic E-state index is 10.2. The van der Waals surface area contributed by atoms with Gasteiger partial charge in [-0.1, -0.05) is 29.4 Å². The minimum atomic E-state index is -0.00704. The highest BCUT2D eigenvalue weighted by Crippen LogP contribution is 2.23. The van der Waals surface area contributed by atoms with Crippen molar-refractivity contribution in [2.24, 2.45) is 5.18 Å². The summed E-state index contributed by atoms with van der Waals surface area (Å²) in [6, 6.07) is 8.14. The third kappa shape index (κ3) is 1.04. The van der Waals surface area contributed by atoms with Crippen molar-refractivity contribution < 1.29 is 0 Å². The second-order valence-corrected chi connectivity index (χ2v) is 2.94. The second kappa shape index (κ2) is 2.46. The molecule has 1 aromatic carbocycles. The Morgan fingerprint density at radius 2 is 1.73 bits per heavy atom. The smallest absolute Gasteiger partial charge is 0.1000 e. The van der Waals surface area contributed by atoms with Gasteiger partial charge in [0.15, 0.2) is 0 Å². The van der Waals surface area contributed by atoms with Crippen LogP contribution in [0.25, 0.3) is 0 Å². The number of nitrogens with zero attached hydrogens (tertiary/aromatic N) is 1. The SMILES string of the molecule is O=NC1Cc2ccccc2C1. The van der Waals surface area contributed by atoms with E-state index in [9.17, 15) is 4.91 Å². The zero-order chi connectivity index (χ0) is 7.68. The molecule has 0 bridgehead atoms. The van der Waals surface area contributed by atoms with Gasteiger partial charge in [0.25, 0.3) is 0 Å². The summed E-state index contributed by atoms with van der Waals surface area (Å²) in [6.07, 6.45) is 1.67. The summed E-state index contributed by atoms with van der Waals surface area (Å²) >= 11 is 0. The molecule has 1 aliphatic rings. The van der Waals surface area contributed by atoms with Gasteiger partial charge >= 0.3 is 0 Å². The van der Waals surface area contributed by atoms with Crippen LogP contribution >= 0.6 is 0 Å². The minimum Gasteiger partial charge on any atom is -0.150 e. The average Bonchev–Trinajstić information content (AvgIpc) is 2.46. The molecular formula is C9H9NO. The molecule has 56 valence electrons. The van der Waals surface area contributed by atoms with E-state index in [1.165, 1.54) is 11.1 Å². The van der Waals surface area contributed by atoms with Crippen LogP contribution in [0.15, 0.2) is 29.4 Å². The Bertz CT molecular complexity index is 258. The van der Waals surface area contributed by atoms with Crippen molar-refractivity contribution in [3.05, 3.63) is 40.3 Å². The molecule has 2 rings (SSSR count). The average molecular weight is 147 g/mol. The fraction of sp³-hybridized carbons (Fsp3) is 0.333. The van der Waals surface area contributed by atoms with Crippen LogP contribution in [-0.2, 0) is 12.8 Å². The van der Waals surface area contributed by atoms with Gasteiger partial charge in [0.2, 0.25) is 0 Å². The van der Waals surface area contributed by atoms with E-state index in [2.05, 4.69) is 17.3 Å². The van der Waals surface area contributed by atoms with Crippen molar-refractivity contribution in [2.45, 2.75) is 18.9 Å². The van der Waals surface area contributed by atoms with Gasteiger partial charge in [-0.3, -0.25) is 0 Å². The number of hydrogen-bond donors (Lipinski definition) is 0. The lowest BCUT2D eigenvalue weighted by molar-refractivity contribution is 0.717. The summed E-state index contributed by atoms with van der Waals surface area (Å²) in [7, 11) is 0. The molecule has 1 aliphatic carbocycles. The van der Waals surface area contributed by atoms with Gasteiger partial charge in [-0.05, 0) is 24.0 Å². The van der Waals surface area contributed by atoms with E-state index in [1.807, 2.05) is 12.1 Å². The highest BCUT2D eigenvalue weighted by molar-refractivity contribution is 5.33. The van der Waals surface area contributed by atoms with Crippen LogP contribution in [0.2, 0.25) is 0 Å². The topological polar surface area (TPSA) is 29.4 Å². The molecule has 2 nitrogen and oxygen atoms in total. The molecule has 0 saturated heterocycles. The van der Waals surface area contributed by atoms with E-state index in [4.69, 9.17) is 0 Å². The summed E-state index contributed by atoms with van der Waals surface area (Å²) in [6.45, 7) is 0. The van der Waals surface area contributed by atoms with Crippen LogP contribution in [-0.4, -0.2) is 6.04 Å². The lowest BCUT2D eigenvalue weighted by Gasteiger charge is -1.92. The zero-order valence-corrected chi connectivity index (χ0v) is 6.16. The molecule has 0 heterocycles. The maximum atomic E-state index is 10.2. The fourth-order valence-corrected chi connectivity index (χ4v) is 1.61. The summed E-state index contributed by atoms with van der Waals surface area (Å²) in [5.41, 5.74) is 2.58. The Labute approximate surface area is 65.2 Å². The highest BCUT2D eigenvalue weighted by atomic mass is 16.3. The van der Waals surface area contributed by atoms with Crippen LogP contribution in [0.1, 0.15) is 11.1 Å². The van der Waals surface area contributed by atoms with Gasteiger partial charge in [0.05, 0.1) is 6.04 Å². The Morgan fingerprint density at radius 3 is 2.18 bits per heavy atom. The second-order valence-electron chi connectivity index (χ2n) is 2.94. The van der Waals surface area contributed by atoms with Crippen molar-refractivity contribution in [3.63, 3.8) is 0 Å². The van der Waals surface area contributed by atoms with Crippen LogP contribution < -0.4 is 0 Å². The Balaban J connectivity index is 2.33. The van der Waals surface area contributed by atoms with Gasteiger partial charge in [0.1, 0.15) is 0 Å². The molecule has 0 fully saturated rings. The van der Waals surface area contributed by atoms with Crippen molar-refractivity contribution >= 4 is 0 Å². The van der Waals surface area contributed by atoms with Crippen LogP contribution in [0.5, 0.6) is 0 Å². The quantitative estimate of drug-likeness (QED) is 0.558. The van der Waals surface area contributed by atoms with Gasteiger partial charge < -0.3 is 0 Å². The van der Waals surface area contributed by atoms with Crippen LogP contribution in [0, 0.1) is 4.91 Å². The van der Waals surface area contributed by atoms with Crippen LogP contribution in [0.3, 0.4) is 0 Å². The molecular weight excluding hydrogens is 138 g/mol. The van der Waals surface area contributed by atoms with Crippen molar-refractivity contribution in [2.75, 3.05) is 0 Å². The van der Waals surface area contributed by atoms with E-state index >= 15 is 0 Å². The predicted molar refractivity (Wildman–Crippen MR) is 43.4 cm³/mol. The third-order valence-corrected chi connectivity index (χ3v) is 2.18. The van der Waals surface area contributed by atoms with Gasteiger partial charge in [0, 0.05) is 0 Å². The van der Waals surface area contributed by atoms with Crippen molar-refractivity contribution in [3.8, 4) is 0 Å². The Morgan fingerprint density at radius 1 is 1.18 bits per heavy atom. The molecule has 0 unspecified atom stereocenters. The largest absolute Gasteiger partial charge is 0.150 e. The van der Waals surface area contributed by atoms with Gasteiger partial charge in [-0.25, -0.2) is 0 Å². The van der Waals surface area contributed by atoms with E-state index < -0.39 is 0 Å². The number of nitroso groups, excluding NO2 is 1. The molecule has 0 aliphatic heterocycles. The van der Waals surface area contributed by atoms with Crippen LogP contribution in [0.4, 0.5) is 0 Å². The van der Waals surface area contributed by atoms with E-state index in [0.717, 1.165) is 12.8 Å². The minimum absolute atomic E-state index is 0.00704. The summed E-state index contributed by atoms with van der Waals surface area (Å²) < 4.78 is 0. The Hall–Kier alpha value is -1.18. The third-order valence-electron chi connectivity index (χ3n) is 2.18. The fourth-order valence-electron chi connectivity index (χ4n) is 1.61. The molecule has 2 heteroatoms. The van der Waals surface area contributed by atoms with E-state index in [0.29, 0.717) is 0 Å². The summed E-state index contributed by atoms with van der Waals surface area (Å²) in [5.74, 6) is 0. The molecule has 0 atom stereocenters. The summed E-state index contributed by atoms with van der Waals surface area (Å²) in [5, 5.41) is 3.05. The summed E-state index contributed by atoms with van der Waals surface area (Å²) in [4.78, 5) is 10.2. The normalized spacial score (nSPS) is 16.4. The van der Waals surface area contributed by atoms with Gasteiger partial charge in [-0.2, -0.15) is 4.91 Å². The lowest BCUT2D eigenvalue weighted by Crippen LogP contribution is -2.00. The first kappa shape index (κ1) is 6.53. The zero-order valence-electron chi connectivity index (χ0n) is 6.16. The predicted octanol–water partition coefficient (Wildman–Crippen LogP) is 1.92. The molecule has 0 radical (unpaired) electrons. The first-order chi connectivity index (χ1) is 5.40. The maximum Gasteiger partial charge on any atom is 0.1000 e. The molecule has 11 heavy (non-hydrogen) atoms. The monoisotopic (exact) mass is 147 g/mol. The van der Waals surface area contributed by atoms with E-state index in [-0.39, 0.29) is 6.04 Å². The van der Waals surface area contributed by atoms with Gasteiger partial charge in [-0.15, -0.1) is 0 Å². The van der Waals surface area contributed by atoms with Crippen molar-refractivity contribution in [1.29, 1.82) is 0 Å². The standard InChI is InChI=1S/C9H9NO/c11-10-9-5-7-3-1-2-4-8(7)6-9/h1-4,9H,5-6H2. The first-order valence-electron chi connectivity index (χ1n) is 3.79. The lowest BCUT2D eigenvalue weighted by atomic mass is 10.1. The number of fused-ring (bicyclic) bond motifs is 1. The molecule has 0 N–H and O–H groups in total. The first-order valence-corrected chi connectivity index (χ1v) is 3.79. The highest BCUT2D eigenvalue weighted by Gasteiger charge is 2.20. The Kier molecular flexibility index (Phi) is 1.46. The molecule has 0 amide bonds. The van der Waals surface area contributed by atoms with E-state index in [1.54, 1.807) is 0 Å². The molecule has 0 spiro atoms. The number of rotatable bonds is 1. The number of benzene rings is 1. The molecule has 0 saturated carbocycles. The molecule has 1 aromatic rings. The number of hydrogen-bond acceptors (Lipinski definition) is 2. The van der Waals surface area contributed by atoms with Crippen molar-refractivity contribution in [1.82, 2.24) is 0 Å². The molecule has 0 aromatic heterocycles.